The maximum atomic E-state index is 13.5. The minimum atomic E-state index is 0.118. The molecule has 0 radical (unpaired) electrons. The first-order chi connectivity index (χ1) is 13.5. The number of nitrogens with zero attached hydrogens (tertiary/aromatic N) is 4. The van der Waals surface area contributed by atoms with Gasteiger partial charge in [-0.15, -0.1) is 0 Å². The van der Waals surface area contributed by atoms with Gasteiger partial charge in [-0.05, 0) is 64.2 Å². The van der Waals surface area contributed by atoms with E-state index in [1.54, 1.807) is 0 Å². The number of benzene rings is 1. The summed E-state index contributed by atoms with van der Waals surface area (Å²) in [7, 11) is 0. The Morgan fingerprint density at radius 3 is 2.79 bits per heavy atom. The molecule has 1 atom stereocenters. The zero-order valence-corrected chi connectivity index (χ0v) is 17.2. The molecule has 0 saturated carbocycles. The molecule has 2 aromatic heterocycles. The third-order valence-electron chi connectivity index (χ3n) is 6.05. The number of rotatable bonds is 3. The van der Waals surface area contributed by atoms with Crippen LogP contribution in [0.2, 0.25) is 0 Å². The third-order valence-corrected chi connectivity index (χ3v) is 6.05. The fourth-order valence-electron chi connectivity index (χ4n) is 4.08. The largest absolute Gasteiger partial charge is 0.336 e. The van der Waals surface area contributed by atoms with Gasteiger partial charge in [0.15, 0.2) is 0 Å². The van der Waals surface area contributed by atoms with Gasteiger partial charge < -0.3 is 4.90 Å². The number of carbonyl (C=O) groups is 1. The van der Waals surface area contributed by atoms with Gasteiger partial charge in [0.2, 0.25) is 0 Å². The van der Waals surface area contributed by atoms with Gasteiger partial charge in [-0.1, -0.05) is 12.1 Å². The highest BCUT2D eigenvalue weighted by molar-refractivity contribution is 6.08. The van der Waals surface area contributed by atoms with Gasteiger partial charge in [-0.2, -0.15) is 5.10 Å². The van der Waals surface area contributed by atoms with Crippen molar-refractivity contribution < 1.29 is 4.79 Å². The highest BCUT2D eigenvalue weighted by Gasteiger charge is 2.26. The van der Waals surface area contributed by atoms with Crippen molar-refractivity contribution in [1.29, 1.82) is 0 Å². The molecule has 0 spiro atoms. The molecule has 0 unspecified atom stereocenters. The summed E-state index contributed by atoms with van der Waals surface area (Å²) in [5, 5.41) is 5.33. The van der Waals surface area contributed by atoms with Crippen molar-refractivity contribution >= 4 is 16.8 Å². The van der Waals surface area contributed by atoms with Crippen molar-refractivity contribution in [3.8, 4) is 11.3 Å². The van der Waals surface area contributed by atoms with Crippen molar-refractivity contribution in [2.24, 2.45) is 0 Å². The average molecular weight is 377 g/mol. The molecule has 0 aliphatic carbocycles. The Kier molecular flexibility index (Phi) is 4.92. The normalized spacial score (nSPS) is 17.3. The van der Waals surface area contributed by atoms with Crippen LogP contribution in [0.4, 0.5) is 0 Å². The van der Waals surface area contributed by atoms with Gasteiger partial charge in [0.25, 0.3) is 5.91 Å². The zero-order valence-electron chi connectivity index (χ0n) is 17.2. The van der Waals surface area contributed by atoms with Crippen LogP contribution in [0.25, 0.3) is 22.2 Å². The lowest BCUT2D eigenvalue weighted by molar-refractivity contribution is 0.0637. The number of aromatic nitrogens is 3. The second-order valence-corrected chi connectivity index (χ2v) is 7.89. The molecule has 146 valence electrons. The van der Waals surface area contributed by atoms with E-state index in [4.69, 9.17) is 4.98 Å². The van der Waals surface area contributed by atoms with Crippen molar-refractivity contribution in [3.63, 3.8) is 0 Å². The van der Waals surface area contributed by atoms with Gasteiger partial charge in [0, 0.05) is 36.3 Å². The molecule has 5 heteroatoms. The molecular formula is C23H28N4O. The van der Waals surface area contributed by atoms with Crippen LogP contribution in [0.15, 0.2) is 30.6 Å². The number of fused-ring (bicyclic) bond motifs is 1. The Bertz CT molecular complexity index is 1040. The quantitative estimate of drug-likeness (QED) is 0.663. The summed E-state index contributed by atoms with van der Waals surface area (Å²) in [6, 6.07) is 6.37. The Balaban J connectivity index is 1.90. The number of carbonyl (C=O) groups excluding carboxylic acids is 1. The molecule has 1 amide bonds. The van der Waals surface area contributed by atoms with Crippen LogP contribution in [-0.4, -0.2) is 38.2 Å². The molecule has 3 aromatic rings. The summed E-state index contributed by atoms with van der Waals surface area (Å²) in [5.74, 6) is 0.118. The van der Waals surface area contributed by atoms with Crippen molar-refractivity contribution in [1.82, 2.24) is 19.7 Å². The lowest BCUT2D eigenvalue weighted by Crippen LogP contribution is -2.42. The molecule has 5 nitrogen and oxygen atoms in total. The molecule has 28 heavy (non-hydrogen) atoms. The van der Waals surface area contributed by atoms with E-state index in [0.717, 1.165) is 59.2 Å². The number of likely N-dealkylation sites (tertiary alicyclic amines) is 1. The lowest BCUT2D eigenvalue weighted by Gasteiger charge is -2.33. The summed E-state index contributed by atoms with van der Waals surface area (Å²) in [6.07, 6.45) is 7.18. The smallest absolute Gasteiger partial charge is 0.254 e. The first-order valence-electron chi connectivity index (χ1n) is 10.2. The Labute approximate surface area is 166 Å². The predicted octanol–water partition coefficient (Wildman–Crippen LogP) is 4.75. The second kappa shape index (κ2) is 7.38. The van der Waals surface area contributed by atoms with Crippen molar-refractivity contribution in [2.45, 2.75) is 59.5 Å². The van der Waals surface area contributed by atoms with E-state index in [1.807, 2.05) is 34.1 Å². The maximum Gasteiger partial charge on any atom is 0.254 e. The number of hydrogen-bond acceptors (Lipinski definition) is 3. The van der Waals surface area contributed by atoms with Gasteiger partial charge >= 0.3 is 0 Å². The minimum Gasteiger partial charge on any atom is -0.336 e. The number of pyridine rings is 1. The molecule has 0 N–H and O–H groups in total. The Morgan fingerprint density at radius 2 is 2.07 bits per heavy atom. The fourth-order valence-corrected chi connectivity index (χ4v) is 4.08. The molecular weight excluding hydrogens is 348 g/mol. The van der Waals surface area contributed by atoms with Crippen LogP contribution < -0.4 is 0 Å². The van der Waals surface area contributed by atoms with E-state index in [2.05, 4.69) is 38.9 Å². The Morgan fingerprint density at radius 1 is 1.25 bits per heavy atom. The molecule has 0 bridgehead atoms. The average Bonchev–Trinajstić information content (AvgIpc) is 3.19. The summed E-state index contributed by atoms with van der Waals surface area (Å²) in [5.41, 5.74) is 5.74. The van der Waals surface area contributed by atoms with Crippen LogP contribution in [0.1, 0.15) is 54.6 Å². The van der Waals surface area contributed by atoms with E-state index < -0.39 is 0 Å². The van der Waals surface area contributed by atoms with Crippen LogP contribution in [-0.2, 0) is 6.54 Å². The van der Waals surface area contributed by atoms with Crippen LogP contribution in [0.5, 0.6) is 0 Å². The van der Waals surface area contributed by atoms with Crippen molar-refractivity contribution in [2.75, 3.05) is 6.54 Å². The van der Waals surface area contributed by atoms with Gasteiger partial charge in [-0.3, -0.25) is 9.48 Å². The maximum absolute atomic E-state index is 13.5. The second-order valence-electron chi connectivity index (χ2n) is 7.89. The monoisotopic (exact) mass is 376 g/mol. The van der Waals surface area contributed by atoms with E-state index in [1.165, 1.54) is 12.0 Å². The minimum absolute atomic E-state index is 0.118. The molecule has 3 heterocycles. The summed E-state index contributed by atoms with van der Waals surface area (Å²) < 4.78 is 1.89. The zero-order chi connectivity index (χ0) is 19.8. The summed E-state index contributed by atoms with van der Waals surface area (Å²) in [6.45, 7) is 10.0. The standard InChI is InChI=1S/C23H28N4O/c1-5-26-14-18(13-24-26)21-12-20(23(28)27-11-7-6-8-16(27)3)19-10-9-15(2)17(4)22(19)25-21/h9-10,12-14,16H,5-8,11H2,1-4H3/t16-/m0/s1. The first-order valence-corrected chi connectivity index (χ1v) is 10.2. The number of hydrogen-bond donors (Lipinski definition) is 0. The predicted molar refractivity (Wildman–Crippen MR) is 112 cm³/mol. The fraction of sp³-hybridized carbons (Fsp3) is 0.435. The van der Waals surface area contributed by atoms with Crippen LogP contribution >= 0.6 is 0 Å². The molecule has 1 saturated heterocycles. The van der Waals surface area contributed by atoms with Gasteiger partial charge in [-0.25, -0.2) is 4.98 Å². The van der Waals surface area contributed by atoms with E-state index in [-0.39, 0.29) is 11.9 Å². The van der Waals surface area contributed by atoms with Crippen molar-refractivity contribution in [3.05, 3.63) is 47.3 Å². The SMILES string of the molecule is CCn1cc(-c2cc(C(=O)N3CCCC[C@@H]3C)c3ccc(C)c(C)c3n2)cn1. The molecule has 1 fully saturated rings. The number of amides is 1. The Hall–Kier alpha value is -2.69. The van der Waals surface area contributed by atoms with Gasteiger partial charge in [0.05, 0.1) is 23.0 Å². The number of piperidine rings is 1. The first kappa shape index (κ1) is 18.7. The topological polar surface area (TPSA) is 51.0 Å². The molecule has 4 rings (SSSR count). The van der Waals surface area contributed by atoms with Crippen LogP contribution in [0, 0.1) is 13.8 Å². The summed E-state index contributed by atoms with van der Waals surface area (Å²) >= 11 is 0. The van der Waals surface area contributed by atoms with E-state index in [0.29, 0.717) is 0 Å². The molecule has 1 aliphatic heterocycles. The van der Waals surface area contributed by atoms with Crippen LogP contribution in [0.3, 0.4) is 0 Å². The third kappa shape index (κ3) is 3.19. The lowest BCUT2D eigenvalue weighted by atomic mass is 9.97. The van der Waals surface area contributed by atoms with E-state index >= 15 is 0 Å². The molecule has 1 aromatic carbocycles. The highest BCUT2D eigenvalue weighted by atomic mass is 16.2. The van der Waals surface area contributed by atoms with Gasteiger partial charge in [0.1, 0.15) is 0 Å². The highest BCUT2D eigenvalue weighted by Crippen LogP contribution is 2.30. The number of aryl methyl sites for hydroxylation is 3. The molecule has 1 aliphatic rings. The van der Waals surface area contributed by atoms with E-state index in [9.17, 15) is 4.79 Å². The summed E-state index contributed by atoms with van der Waals surface area (Å²) in [4.78, 5) is 20.5.